The van der Waals surface area contributed by atoms with Gasteiger partial charge in [0.05, 0.1) is 5.92 Å². The van der Waals surface area contributed by atoms with E-state index in [-0.39, 0.29) is 11.7 Å². The van der Waals surface area contributed by atoms with Crippen LogP contribution in [0.25, 0.3) is 0 Å². The van der Waals surface area contributed by atoms with Gasteiger partial charge in [0.1, 0.15) is 5.82 Å². The Bertz CT molecular complexity index is 1040. The van der Waals surface area contributed by atoms with Gasteiger partial charge in [-0.15, -0.1) is 11.3 Å². The molecule has 4 rings (SSSR count). The fraction of sp³-hybridized carbons (Fsp3) is 0.0833. The van der Waals surface area contributed by atoms with E-state index in [1.54, 1.807) is 18.3 Å². The summed E-state index contributed by atoms with van der Waals surface area (Å²) in [6.45, 7) is 0. The van der Waals surface area contributed by atoms with Gasteiger partial charge in [-0.05, 0) is 28.8 Å². The van der Waals surface area contributed by atoms with Gasteiger partial charge in [0.2, 0.25) is 5.91 Å². The van der Waals surface area contributed by atoms with E-state index >= 15 is 0 Å². The molecule has 0 aliphatic heterocycles. The zero-order valence-electron chi connectivity index (χ0n) is 15.6. The van der Waals surface area contributed by atoms with Crippen LogP contribution < -0.4 is 5.32 Å². The molecule has 0 aliphatic rings. The third-order valence-electron chi connectivity index (χ3n) is 4.60. The van der Waals surface area contributed by atoms with Gasteiger partial charge in [-0.25, -0.2) is 9.37 Å². The van der Waals surface area contributed by atoms with E-state index < -0.39 is 5.92 Å². The Morgan fingerprint density at radius 1 is 0.897 bits per heavy atom. The van der Waals surface area contributed by atoms with Crippen LogP contribution in [-0.2, 0) is 11.2 Å². The van der Waals surface area contributed by atoms with E-state index in [0.717, 1.165) is 21.6 Å². The molecule has 0 spiro atoms. The van der Waals surface area contributed by atoms with Crippen molar-refractivity contribution in [1.82, 2.24) is 4.98 Å². The standard InChI is InChI=1S/C24H19FN2OS/c25-20-13-11-17(12-14-20)15-21-16-26-24(29-21)27-23(28)22(18-7-3-1-4-8-18)19-9-5-2-6-10-19/h1-14,16,22H,15H2,(H,26,27,28). The molecule has 4 aromatic rings. The first-order valence-electron chi connectivity index (χ1n) is 9.29. The molecular formula is C24H19FN2OS. The molecule has 1 heterocycles. The molecule has 1 aromatic heterocycles. The highest BCUT2D eigenvalue weighted by Gasteiger charge is 2.23. The molecule has 1 amide bonds. The van der Waals surface area contributed by atoms with E-state index in [4.69, 9.17) is 0 Å². The minimum absolute atomic E-state index is 0.120. The molecule has 144 valence electrons. The number of benzene rings is 3. The summed E-state index contributed by atoms with van der Waals surface area (Å²) in [6, 6.07) is 25.8. The zero-order valence-corrected chi connectivity index (χ0v) is 16.4. The lowest BCUT2D eigenvalue weighted by atomic mass is 9.90. The maximum atomic E-state index is 13.1. The number of rotatable bonds is 6. The van der Waals surface area contributed by atoms with Crippen molar-refractivity contribution in [3.8, 4) is 0 Å². The minimum Gasteiger partial charge on any atom is -0.301 e. The van der Waals surface area contributed by atoms with Crippen molar-refractivity contribution >= 4 is 22.4 Å². The fourth-order valence-corrected chi connectivity index (χ4v) is 4.06. The van der Waals surface area contributed by atoms with Crippen molar-refractivity contribution in [3.63, 3.8) is 0 Å². The summed E-state index contributed by atoms with van der Waals surface area (Å²) in [6.07, 6.45) is 2.40. The Labute approximate surface area is 172 Å². The SMILES string of the molecule is O=C(Nc1ncc(Cc2ccc(F)cc2)s1)C(c1ccccc1)c1ccccc1. The second-order valence-corrected chi connectivity index (χ2v) is 7.79. The van der Waals surface area contributed by atoms with Crippen molar-refractivity contribution in [2.24, 2.45) is 0 Å². The van der Waals surface area contributed by atoms with Gasteiger partial charge < -0.3 is 5.32 Å². The maximum absolute atomic E-state index is 13.1. The van der Waals surface area contributed by atoms with Gasteiger partial charge in [-0.2, -0.15) is 0 Å². The van der Waals surface area contributed by atoms with Crippen molar-refractivity contribution < 1.29 is 9.18 Å². The first-order valence-corrected chi connectivity index (χ1v) is 10.1. The molecule has 3 aromatic carbocycles. The third-order valence-corrected chi connectivity index (χ3v) is 5.52. The first-order chi connectivity index (χ1) is 14.2. The van der Waals surface area contributed by atoms with Crippen LogP contribution >= 0.6 is 11.3 Å². The number of thiazole rings is 1. The Morgan fingerprint density at radius 3 is 2.07 bits per heavy atom. The Morgan fingerprint density at radius 2 is 1.48 bits per heavy atom. The highest BCUT2D eigenvalue weighted by atomic mass is 32.1. The second-order valence-electron chi connectivity index (χ2n) is 6.68. The molecule has 1 N–H and O–H groups in total. The van der Waals surface area contributed by atoms with Gasteiger partial charge in [-0.1, -0.05) is 72.8 Å². The summed E-state index contributed by atoms with van der Waals surface area (Å²) < 4.78 is 13.1. The number of halogens is 1. The Kier molecular flexibility index (Phi) is 5.77. The number of amides is 1. The first kappa shape index (κ1) is 19.0. The molecular weight excluding hydrogens is 383 g/mol. The van der Waals surface area contributed by atoms with Gasteiger partial charge >= 0.3 is 0 Å². The van der Waals surface area contributed by atoms with Crippen LogP contribution in [-0.4, -0.2) is 10.9 Å². The molecule has 0 aliphatic carbocycles. The fourth-order valence-electron chi connectivity index (χ4n) is 3.21. The summed E-state index contributed by atoms with van der Waals surface area (Å²) >= 11 is 1.43. The average Bonchev–Trinajstić information content (AvgIpc) is 3.18. The largest absolute Gasteiger partial charge is 0.301 e. The number of nitrogens with zero attached hydrogens (tertiary/aromatic N) is 1. The monoisotopic (exact) mass is 402 g/mol. The number of carbonyl (C=O) groups excluding carboxylic acids is 1. The van der Waals surface area contributed by atoms with Gasteiger partial charge in [0, 0.05) is 17.5 Å². The van der Waals surface area contributed by atoms with Crippen LogP contribution in [0.5, 0.6) is 0 Å². The van der Waals surface area contributed by atoms with E-state index in [1.165, 1.54) is 23.5 Å². The number of anilines is 1. The quantitative estimate of drug-likeness (QED) is 0.453. The van der Waals surface area contributed by atoms with Gasteiger partial charge in [0.15, 0.2) is 5.13 Å². The van der Waals surface area contributed by atoms with Crippen molar-refractivity contribution in [2.45, 2.75) is 12.3 Å². The number of hydrogen-bond acceptors (Lipinski definition) is 3. The van der Waals surface area contributed by atoms with Crippen LogP contribution in [0.2, 0.25) is 0 Å². The van der Waals surface area contributed by atoms with Crippen LogP contribution in [0, 0.1) is 5.82 Å². The second kappa shape index (κ2) is 8.80. The van der Waals surface area contributed by atoms with E-state index in [9.17, 15) is 9.18 Å². The van der Waals surface area contributed by atoms with Crippen LogP contribution in [0.3, 0.4) is 0 Å². The lowest BCUT2D eigenvalue weighted by Gasteiger charge is -2.17. The van der Waals surface area contributed by atoms with Crippen molar-refractivity contribution in [2.75, 3.05) is 5.32 Å². The van der Waals surface area contributed by atoms with Crippen LogP contribution in [0.4, 0.5) is 9.52 Å². The maximum Gasteiger partial charge on any atom is 0.238 e. The van der Waals surface area contributed by atoms with Crippen LogP contribution in [0.15, 0.2) is 91.1 Å². The lowest BCUT2D eigenvalue weighted by molar-refractivity contribution is -0.116. The number of nitrogens with one attached hydrogen (secondary N) is 1. The predicted molar refractivity (Wildman–Crippen MR) is 115 cm³/mol. The Balaban J connectivity index is 1.52. The minimum atomic E-state index is -0.415. The molecule has 0 fully saturated rings. The molecule has 0 atom stereocenters. The molecule has 0 saturated heterocycles. The summed E-state index contributed by atoms with van der Waals surface area (Å²) in [7, 11) is 0. The van der Waals surface area contributed by atoms with Crippen molar-refractivity contribution in [3.05, 3.63) is 119 Å². The summed E-state index contributed by atoms with van der Waals surface area (Å²) in [5.41, 5.74) is 2.86. The highest BCUT2D eigenvalue weighted by molar-refractivity contribution is 7.15. The number of hydrogen-bond donors (Lipinski definition) is 1. The smallest absolute Gasteiger partial charge is 0.238 e. The molecule has 0 unspecified atom stereocenters. The Hall–Kier alpha value is -3.31. The number of aromatic nitrogens is 1. The molecule has 5 heteroatoms. The predicted octanol–water partition coefficient (Wildman–Crippen LogP) is 5.64. The third kappa shape index (κ3) is 4.76. The normalized spacial score (nSPS) is 10.8. The molecule has 29 heavy (non-hydrogen) atoms. The average molecular weight is 402 g/mol. The lowest BCUT2D eigenvalue weighted by Crippen LogP contribution is -2.22. The summed E-state index contributed by atoms with van der Waals surface area (Å²) in [4.78, 5) is 18.5. The number of carbonyl (C=O) groups is 1. The zero-order chi connectivity index (χ0) is 20.1. The summed E-state index contributed by atoms with van der Waals surface area (Å²) in [5.74, 6) is -0.786. The molecule has 0 bridgehead atoms. The van der Waals surface area contributed by atoms with E-state index in [0.29, 0.717) is 11.6 Å². The van der Waals surface area contributed by atoms with Gasteiger partial charge in [-0.3, -0.25) is 4.79 Å². The molecule has 3 nitrogen and oxygen atoms in total. The van der Waals surface area contributed by atoms with Gasteiger partial charge in [0.25, 0.3) is 0 Å². The van der Waals surface area contributed by atoms with E-state index in [2.05, 4.69) is 10.3 Å². The van der Waals surface area contributed by atoms with Crippen LogP contribution in [0.1, 0.15) is 27.5 Å². The summed E-state index contributed by atoms with van der Waals surface area (Å²) in [5, 5.41) is 3.52. The topological polar surface area (TPSA) is 42.0 Å². The molecule has 0 radical (unpaired) electrons. The van der Waals surface area contributed by atoms with Crippen molar-refractivity contribution in [1.29, 1.82) is 0 Å². The highest BCUT2D eigenvalue weighted by Crippen LogP contribution is 2.28. The van der Waals surface area contributed by atoms with E-state index in [1.807, 2.05) is 60.7 Å². The molecule has 0 saturated carbocycles.